The number of carbonyl (C=O) groups excluding carboxylic acids is 2. The van der Waals surface area contributed by atoms with Gasteiger partial charge in [-0.05, 0) is 115 Å². The number of nitriles is 1. The molecule has 0 aromatic carbocycles. The summed E-state index contributed by atoms with van der Waals surface area (Å²) in [5.41, 5.74) is 0.118. The van der Waals surface area contributed by atoms with Gasteiger partial charge in [-0.1, -0.05) is 33.9 Å². The second kappa shape index (κ2) is 8.71. The van der Waals surface area contributed by atoms with Crippen LogP contribution in [0.1, 0.15) is 85.0 Å². The summed E-state index contributed by atoms with van der Waals surface area (Å²) >= 11 is 0. The lowest BCUT2D eigenvalue weighted by molar-refractivity contribution is -0.219. The summed E-state index contributed by atoms with van der Waals surface area (Å²) in [6.07, 6.45) is 9.51. The molecule has 1 unspecified atom stereocenters. The summed E-state index contributed by atoms with van der Waals surface area (Å²) in [5.74, 6) is -0.229. The molecule has 35 heavy (non-hydrogen) atoms. The van der Waals surface area contributed by atoms with Gasteiger partial charge in [-0.3, -0.25) is 14.4 Å². The highest BCUT2D eigenvalue weighted by molar-refractivity contribution is 5.78. The molecule has 0 spiro atoms. The monoisotopic (exact) mass is 479 g/mol. The van der Waals surface area contributed by atoms with Gasteiger partial charge in [0.1, 0.15) is 12.6 Å². The lowest BCUT2D eigenvalue weighted by Gasteiger charge is -2.70. The molecule has 4 rings (SSSR count). The average Bonchev–Trinajstić information content (AvgIpc) is 3.23. The van der Waals surface area contributed by atoms with Gasteiger partial charge in [0.25, 0.3) is 0 Å². The minimum absolute atomic E-state index is 0.0416. The van der Waals surface area contributed by atoms with Crippen molar-refractivity contribution >= 4 is 18.5 Å². The van der Waals surface area contributed by atoms with Crippen molar-refractivity contribution in [1.82, 2.24) is 0 Å². The molecular formula is C30H41NO4. The normalized spacial score (nSPS) is 46.3. The standard InChI is InChI=1S/C30H41NO4/c1-19(17-32)21-9-13-30(26(34)35)15-14-28(4)23(25(21)30)7-8-24-27(3,11-6-16-31)22(20(2)18-33)10-12-29(24,28)5/h17-18,21-25H,1-2,6-15H2,3-5H3,(H,34,35)/t21-,22-,23?,24+,25+,27-,28+,29+,30-/m0/s1. The highest BCUT2D eigenvalue weighted by Crippen LogP contribution is 2.76. The molecule has 0 aromatic rings. The van der Waals surface area contributed by atoms with Gasteiger partial charge in [-0.15, -0.1) is 0 Å². The Hall–Kier alpha value is -2.22. The number of aldehydes is 2. The molecule has 0 radical (unpaired) electrons. The minimum atomic E-state index is -0.767. The maximum atomic E-state index is 12.7. The second-order valence-electron chi connectivity index (χ2n) is 12.8. The molecule has 4 aliphatic carbocycles. The van der Waals surface area contributed by atoms with Crippen LogP contribution < -0.4 is 0 Å². The maximum Gasteiger partial charge on any atom is 0.309 e. The Bertz CT molecular complexity index is 995. The number of hydrogen-bond acceptors (Lipinski definition) is 4. The van der Waals surface area contributed by atoms with Gasteiger partial charge in [-0.25, -0.2) is 0 Å². The van der Waals surface area contributed by atoms with E-state index in [1.165, 1.54) is 0 Å². The number of aliphatic carboxylic acids is 1. The zero-order valence-electron chi connectivity index (χ0n) is 21.6. The van der Waals surface area contributed by atoms with Crippen molar-refractivity contribution in [3.63, 3.8) is 0 Å². The van der Waals surface area contributed by atoms with E-state index in [1.54, 1.807) is 0 Å². The van der Waals surface area contributed by atoms with Crippen LogP contribution in [0.3, 0.4) is 0 Å². The molecule has 0 saturated heterocycles. The van der Waals surface area contributed by atoms with Crippen molar-refractivity contribution in [3.8, 4) is 6.07 Å². The van der Waals surface area contributed by atoms with Gasteiger partial charge < -0.3 is 5.11 Å². The summed E-state index contributed by atoms with van der Waals surface area (Å²) in [5, 5.41) is 19.9. The number of carboxylic acid groups (broad SMARTS) is 1. The molecule has 5 heteroatoms. The quantitative estimate of drug-likeness (QED) is 0.349. The van der Waals surface area contributed by atoms with Gasteiger partial charge in [0.05, 0.1) is 11.5 Å². The number of rotatable bonds is 7. The Labute approximate surface area is 210 Å². The number of carbonyl (C=O) groups is 3. The summed E-state index contributed by atoms with van der Waals surface area (Å²) < 4.78 is 0. The third kappa shape index (κ3) is 3.35. The van der Waals surface area contributed by atoms with Crippen LogP contribution in [-0.4, -0.2) is 23.6 Å². The fraction of sp³-hybridized carbons (Fsp3) is 0.733. The fourth-order valence-corrected chi connectivity index (χ4v) is 10.2. The molecule has 4 saturated carbocycles. The first-order chi connectivity index (χ1) is 16.5. The molecule has 4 fully saturated rings. The summed E-state index contributed by atoms with van der Waals surface area (Å²) in [4.78, 5) is 36.3. The zero-order valence-corrected chi connectivity index (χ0v) is 21.6. The van der Waals surface area contributed by atoms with Crippen LogP contribution in [0.4, 0.5) is 0 Å². The molecule has 190 valence electrons. The van der Waals surface area contributed by atoms with Crippen LogP contribution in [0, 0.1) is 62.6 Å². The Morgan fingerprint density at radius 3 is 2.26 bits per heavy atom. The Kier molecular flexibility index (Phi) is 6.44. The molecule has 1 N–H and O–H groups in total. The van der Waals surface area contributed by atoms with E-state index in [0.717, 1.165) is 57.5 Å². The summed E-state index contributed by atoms with van der Waals surface area (Å²) in [7, 11) is 0. The van der Waals surface area contributed by atoms with E-state index in [0.29, 0.717) is 36.3 Å². The number of hydrogen-bond donors (Lipinski definition) is 1. The Balaban J connectivity index is 1.80. The topological polar surface area (TPSA) is 95.2 Å². The van der Waals surface area contributed by atoms with E-state index in [4.69, 9.17) is 0 Å². The summed E-state index contributed by atoms with van der Waals surface area (Å²) in [6.45, 7) is 15.2. The smallest absolute Gasteiger partial charge is 0.309 e. The molecule has 4 aliphatic rings. The maximum absolute atomic E-state index is 12.7. The van der Waals surface area contributed by atoms with Crippen LogP contribution in [0.15, 0.2) is 24.3 Å². The predicted molar refractivity (Wildman–Crippen MR) is 134 cm³/mol. The molecule has 0 bridgehead atoms. The first-order valence-corrected chi connectivity index (χ1v) is 13.3. The van der Waals surface area contributed by atoms with Crippen LogP contribution >= 0.6 is 0 Å². The fourth-order valence-electron chi connectivity index (χ4n) is 10.2. The molecular weight excluding hydrogens is 438 g/mol. The number of allylic oxidation sites excluding steroid dienone is 2. The number of carboxylic acids is 1. The Morgan fingerprint density at radius 1 is 0.971 bits per heavy atom. The van der Waals surface area contributed by atoms with Gasteiger partial charge in [0.2, 0.25) is 0 Å². The van der Waals surface area contributed by atoms with Gasteiger partial charge in [-0.2, -0.15) is 5.26 Å². The average molecular weight is 480 g/mol. The van der Waals surface area contributed by atoms with Gasteiger partial charge in [0.15, 0.2) is 0 Å². The van der Waals surface area contributed by atoms with Crippen LogP contribution in [0.5, 0.6) is 0 Å². The molecule has 0 heterocycles. The minimum Gasteiger partial charge on any atom is -0.481 e. The van der Waals surface area contributed by atoms with E-state index in [2.05, 4.69) is 40.0 Å². The van der Waals surface area contributed by atoms with E-state index < -0.39 is 11.4 Å². The molecule has 0 amide bonds. The van der Waals surface area contributed by atoms with Crippen molar-refractivity contribution in [3.05, 3.63) is 24.3 Å². The van der Waals surface area contributed by atoms with E-state index >= 15 is 0 Å². The lowest BCUT2D eigenvalue weighted by Crippen LogP contribution is -2.64. The largest absolute Gasteiger partial charge is 0.481 e. The van der Waals surface area contributed by atoms with Crippen LogP contribution in [-0.2, 0) is 14.4 Å². The third-order valence-electron chi connectivity index (χ3n) is 12.1. The second-order valence-corrected chi connectivity index (χ2v) is 12.8. The van der Waals surface area contributed by atoms with E-state index in [1.807, 2.05) is 0 Å². The molecule has 0 aromatic heterocycles. The van der Waals surface area contributed by atoms with Crippen molar-refractivity contribution in [1.29, 1.82) is 5.26 Å². The van der Waals surface area contributed by atoms with Crippen LogP contribution in [0.25, 0.3) is 0 Å². The first-order valence-electron chi connectivity index (χ1n) is 13.3. The first kappa shape index (κ1) is 25.9. The highest BCUT2D eigenvalue weighted by Gasteiger charge is 2.70. The Morgan fingerprint density at radius 2 is 1.66 bits per heavy atom. The van der Waals surface area contributed by atoms with E-state index in [9.17, 15) is 24.8 Å². The van der Waals surface area contributed by atoms with Crippen molar-refractivity contribution in [2.75, 3.05) is 0 Å². The molecule has 9 atom stereocenters. The van der Waals surface area contributed by atoms with Crippen molar-refractivity contribution in [2.45, 2.75) is 85.0 Å². The van der Waals surface area contributed by atoms with Crippen molar-refractivity contribution in [2.24, 2.45) is 51.2 Å². The van der Waals surface area contributed by atoms with Gasteiger partial charge in [0, 0.05) is 6.42 Å². The van der Waals surface area contributed by atoms with Crippen LogP contribution in [0.2, 0.25) is 0 Å². The summed E-state index contributed by atoms with van der Waals surface area (Å²) in [6, 6.07) is 2.34. The van der Waals surface area contributed by atoms with Crippen molar-refractivity contribution < 1.29 is 19.5 Å². The van der Waals surface area contributed by atoms with E-state index in [-0.39, 0.29) is 39.9 Å². The zero-order chi connectivity index (χ0) is 25.8. The number of fused-ring (bicyclic) bond motifs is 5. The third-order valence-corrected chi connectivity index (χ3v) is 12.1. The highest BCUT2D eigenvalue weighted by atomic mass is 16.4. The molecule has 5 nitrogen and oxygen atoms in total. The molecule has 0 aliphatic heterocycles. The number of nitrogens with zero attached hydrogens (tertiary/aromatic N) is 1. The SMILES string of the molecule is C=C(C=O)[C@@H]1CC[C@]2(C(=O)O)CC[C@]3(C)C(CC[C@@H]4[C@@](C)(CCC#N)[C@H](C(=C)C=O)CC[C@]43C)[C@@H]12. The van der Waals surface area contributed by atoms with Gasteiger partial charge >= 0.3 is 5.97 Å². The predicted octanol–water partition coefficient (Wildman–Crippen LogP) is 6.15. The lowest BCUT2D eigenvalue weighted by atomic mass is 9.34.